The number of phenols is 1. The average molecular weight is 1650 g/mol. The van der Waals surface area contributed by atoms with Gasteiger partial charge in [0.05, 0.1) is 85.7 Å². The third kappa shape index (κ3) is 29.4. The molecule has 26 heteroatoms. The van der Waals surface area contributed by atoms with Crippen molar-refractivity contribution in [1.29, 1.82) is 0 Å². The molecule has 0 aromatic heterocycles. The molecule has 0 saturated heterocycles. The average Bonchev–Trinajstić information content (AvgIpc) is 4.31. The Labute approximate surface area is 557 Å². The zero-order valence-corrected chi connectivity index (χ0v) is 55.6. The number of methoxy groups -OCH3 is 8. The summed E-state index contributed by atoms with van der Waals surface area (Å²) in [5.41, 5.74) is 16.4. The molecule has 0 atom stereocenters. The molecule has 8 rings (SSSR count). The minimum atomic E-state index is -0.907. The first-order valence-corrected chi connectivity index (χ1v) is 38.3. The van der Waals surface area contributed by atoms with Crippen LogP contribution in [0.4, 0.5) is 0 Å². The van der Waals surface area contributed by atoms with E-state index in [9.17, 15) is 28.8 Å². The molecule has 0 fully saturated rings. The standard InChI is InChI=1S/C10H11BrO3.C10H11N3O3.C10H12O3.C9H9NO2.C9H10O3.C8H7NO2.5CH4.3HI.V/c1-13-8-3-4-9(10(12)14-2)7(5-8)6-11;1-15-8-3-4-9(10(14)16-2)7(5-8)6-12-13-11;1-7-6-8(12-2)4-5-9(7)10(11)13-3;1-12-7-2-3-8-6(4-7)5-10-9(8)11;1-6-5-7(12-2)3-4-8(6)9(10)11;10-6-1-2-7-5(3-6)4-9-8(7)11;;;;;;;;;/h3-5H,6H2,1-2H3;3-5H,6H2,1-2H3;4-6H,1-3H3;2-4H,5H2,1H3,(H,10,11);3-5H,1-2H3,(H,10,11);1-3,10H,4H2,(H,9,11);5*1H4;3*1H;/q;;;;;;;;;;;;;;+3/p-3. The molecular weight excluding hydrogens is 1570 g/mol. The van der Waals surface area contributed by atoms with Crippen LogP contribution in [0.15, 0.2) is 114 Å². The van der Waals surface area contributed by atoms with Crippen LogP contribution in [0.5, 0.6) is 34.5 Å². The zero-order chi connectivity index (χ0) is 61.5. The van der Waals surface area contributed by atoms with Crippen LogP contribution in [0, 0.1) is 13.8 Å². The van der Waals surface area contributed by atoms with E-state index >= 15 is 0 Å². The van der Waals surface area contributed by atoms with Crippen molar-refractivity contribution in [1.82, 2.24) is 10.6 Å². The third-order valence-electron chi connectivity index (χ3n) is 11.2. The molecule has 2 heterocycles. The number of carboxylic acid groups (broad SMARTS) is 1. The van der Waals surface area contributed by atoms with Gasteiger partial charge in [-0.05, 0) is 162 Å². The summed E-state index contributed by atoms with van der Waals surface area (Å²) in [6.07, 6.45) is 0. The number of nitrogens with one attached hydrogen (secondary N) is 2. The summed E-state index contributed by atoms with van der Waals surface area (Å²) in [5, 5.41) is 27.1. The van der Waals surface area contributed by atoms with Gasteiger partial charge in [0, 0.05) is 34.5 Å². The zero-order valence-electron chi connectivity index (χ0n) is 46.1. The number of hydrogen-bond acceptors (Lipinski definition) is 16. The van der Waals surface area contributed by atoms with Crippen LogP contribution in [0.1, 0.15) is 133 Å². The van der Waals surface area contributed by atoms with Crippen molar-refractivity contribution in [2.24, 2.45) is 5.11 Å². The van der Waals surface area contributed by atoms with Gasteiger partial charge in [-0.3, -0.25) is 9.59 Å². The van der Waals surface area contributed by atoms with Gasteiger partial charge in [0.2, 0.25) is 0 Å². The SMILES string of the molecule is C.C.C.C.C.COC(=O)c1ccc(OC)cc1C.COC(=O)c1ccc(OC)cc1CBr.COC(=O)c1ccc(OC)cc1CN=[N+]=[N-].COc1ccc(C(=O)O)c(C)c1.COc1ccc2c(c1)CNC2=O.O=C1NCc2cc(O)ccc21.[I][V]([I])[I]. The van der Waals surface area contributed by atoms with Crippen LogP contribution in [0.25, 0.3) is 10.4 Å². The van der Waals surface area contributed by atoms with Crippen molar-refractivity contribution in [2.45, 2.75) is 75.9 Å². The Hall–Kier alpha value is -6.50. The number of aromatic carboxylic acids is 1. The number of aromatic hydroxyl groups is 1. The van der Waals surface area contributed by atoms with Gasteiger partial charge in [0.1, 0.15) is 34.5 Å². The minimum absolute atomic E-state index is 0. The van der Waals surface area contributed by atoms with Crippen LogP contribution in [-0.4, -0.2) is 103 Å². The maximum atomic E-state index is 11.4. The number of halogens is 4. The van der Waals surface area contributed by atoms with Crippen molar-refractivity contribution in [3.8, 4) is 34.5 Å². The van der Waals surface area contributed by atoms with E-state index in [1.165, 1.54) is 40.6 Å². The summed E-state index contributed by atoms with van der Waals surface area (Å²) in [7, 11) is 11.9. The first kappa shape index (κ1) is 86.9. The summed E-state index contributed by atoms with van der Waals surface area (Å²) in [6, 6.07) is 30.4. The number of esters is 3. The number of ether oxygens (including phenoxy) is 8. The second-order valence-electron chi connectivity index (χ2n) is 16.1. The maximum absolute atomic E-state index is 11.4. The van der Waals surface area contributed by atoms with Gasteiger partial charge in [0.25, 0.3) is 11.8 Å². The van der Waals surface area contributed by atoms with Crippen LogP contribution in [0.3, 0.4) is 0 Å². The Morgan fingerprint density at radius 1 is 0.540 bits per heavy atom. The molecule has 87 heavy (non-hydrogen) atoms. The molecule has 0 aliphatic carbocycles. The van der Waals surface area contributed by atoms with E-state index in [2.05, 4.69) is 111 Å². The Bertz CT molecular complexity index is 3200. The number of carbonyl (C=O) groups is 6. The van der Waals surface area contributed by atoms with Crippen LogP contribution in [-0.2, 0) is 44.1 Å². The number of alkyl halides is 1. The predicted molar refractivity (Wildman–Crippen MR) is 367 cm³/mol. The normalized spacial score (nSPS) is 10.1. The molecule has 2 aliphatic rings. The number of aryl methyl sites for hydroxylation is 2. The summed E-state index contributed by atoms with van der Waals surface area (Å²) in [5.74, 6) is 1.67. The molecule has 478 valence electrons. The van der Waals surface area contributed by atoms with E-state index in [4.69, 9.17) is 39.4 Å². The predicted octanol–water partition coefficient (Wildman–Crippen LogP) is 15.6. The molecular formula is C61H80BrI3N5O16V. The van der Waals surface area contributed by atoms with E-state index in [-0.39, 0.29) is 78.1 Å². The Kier molecular flexibility index (Phi) is 46.6. The number of carboxylic acids is 1. The summed E-state index contributed by atoms with van der Waals surface area (Å²) < 4.78 is 38.9. The number of azide groups is 1. The second-order valence-corrected chi connectivity index (χ2v) is 52.1. The van der Waals surface area contributed by atoms with Crippen LogP contribution < -0.4 is 34.3 Å². The van der Waals surface area contributed by atoms with Crippen molar-refractivity contribution in [2.75, 3.05) is 56.9 Å². The van der Waals surface area contributed by atoms with Crippen LogP contribution in [0.2, 0.25) is 0 Å². The van der Waals surface area contributed by atoms with Gasteiger partial charge >= 0.3 is 88.7 Å². The number of hydrogen-bond donors (Lipinski definition) is 4. The number of amides is 2. The quantitative estimate of drug-likeness (QED) is 0.0168. The van der Waals surface area contributed by atoms with Gasteiger partial charge in [-0.15, -0.1) is 0 Å². The third-order valence-corrected chi connectivity index (χ3v) is 11.8. The first-order chi connectivity index (χ1) is 39.1. The van der Waals surface area contributed by atoms with E-state index in [0.29, 0.717) is 68.9 Å². The molecule has 6 aromatic carbocycles. The number of benzene rings is 6. The molecule has 2 amide bonds. The molecule has 2 aliphatic heterocycles. The molecule has 0 unspecified atom stereocenters. The van der Waals surface area contributed by atoms with Gasteiger partial charge in [0.15, 0.2) is 0 Å². The van der Waals surface area contributed by atoms with Crippen molar-refractivity contribution < 1.29 is 81.8 Å². The molecule has 4 N–H and O–H groups in total. The molecule has 0 bridgehead atoms. The van der Waals surface area contributed by atoms with E-state index in [0.717, 1.165) is 45.1 Å². The Morgan fingerprint density at radius 3 is 1.25 bits per heavy atom. The summed E-state index contributed by atoms with van der Waals surface area (Å²) >= 11 is 10.7. The topological polar surface area (TPSA) is 290 Å². The van der Waals surface area contributed by atoms with Crippen molar-refractivity contribution in [3.05, 3.63) is 186 Å². The van der Waals surface area contributed by atoms with E-state index < -0.39 is 11.9 Å². The Balaban J connectivity index is -0.000000465. The Morgan fingerprint density at radius 2 is 0.874 bits per heavy atom. The van der Waals surface area contributed by atoms with Gasteiger partial charge < -0.3 is 58.7 Å². The number of rotatable bonds is 12. The summed E-state index contributed by atoms with van der Waals surface area (Å²) in [6.45, 7) is 4.81. The molecule has 0 spiro atoms. The molecule has 0 radical (unpaired) electrons. The first-order valence-electron chi connectivity index (χ1n) is 23.6. The fourth-order valence-corrected chi connectivity index (χ4v) is 7.48. The number of fused-ring (bicyclic) bond motifs is 2. The summed E-state index contributed by atoms with van der Waals surface area (Å²) in [4.78, 5) is 68.9. The second kappa shape index (κ2) is 46.6. The van der Waals surface area contributed by atoms with Crippen molar-refractivity contribution >= 4 is 112 Å². The van der Waals surface area contributed by atoms with Gasteiger partial charge in [-0.25, -0.2) is 19.2 Å². The molecule has 21 nitrogen and oxygen atoms in total. The number of carbonyl (C=O) groups excluding carboxylic acids is 5. The monoisotopic (exact) mass is 1650 g/mol. The van der Waals surface area contributed by atoms with Gasteiger partial charge in [-0.2, -0.15) is 0 Å². The van der Waals surface area contributed by atoms with Crippen molar-refractivity contribution in [3.63, 3.8) is 0 Å². The fourth-order valence-electron chi connectivity index (χ4n) is 7.02. The van der Waals surface area contributed by atoms with Gasteiger partial charge in [-0.1, -0.05) is 58.2 Å². The van der Waals surface area contributed by atoms with E-state index in [1.807, 2.05) is 13.0 Å². The fraction of sp³-hybridized carbons (Fsp3) is 0.311. The van der Waals surface area contributed by atoms with Crippen LogP contribution >= 0.6 is 75.9 Å². The molecule has 6 aromatic rings. The van der Waals surface area contributed by atoms with E-state index in [1.54, 1.807) is 126 Å². The number of nitrogens with zero attached hydrogens (tertiary/aromatic N) is 3. The number of phenolic OH excluding ortho intramolecular Hbond substituents is 1. The molecule has 0 saturated carbocycles.